The van der Waals surface area contributed by atoms with E-state index >= 15 is 0 Å². The van der Waals surface area contributed by atoms with Gasteiger partial charge in [-0.2, -0.15) is 8.78 Å². The monoisotopic (exact) mass is 461 g/mol. The van der Waals surface area contributed by atoms with Gasteiger partial charge < -0.3 is 16.2 Å². The fraction of sp³-hybridized carbons (Fsp3) is 0.440. The van der Waals surface area contributed by atoms with E-state index in [1.807, 2.05) is 19.1 Å². The Kier molecular flexibility index (Phi) is 8.69. The van der Waals surface area contributed by atoms with Crippen molar-refractivity contribution < 1.29 is 23.5 Å². The molecule has 0 unspecified atom stereocenters. The first-order valence-electron chi connectivity index (χ1n) is 10.9. The van der Waals surface area contributed by atoms with E-state index in [0.717, 1.165) is 23.2 Å². The minimum absolute atomic E-state index is 0.383. The number of carboxylic acid groups (broad SMARTS) is 1. The largest absolute Gasteiger partial charge is 0.476 e. The lowest BCUT2D eigenvalue weighted by molar-refractivity contribution is -0.163. The van der Waals surface area contributed by atoms with Crippen molar-refractivity contribution in [2.75, 3.05) is 0 Å². The highest BCUT2D eigenvalue weighted by Gasteiger charge is 2.32. The van der Waals surface area contributed by atoms with E-state index in [2.05, 4.69) is 55.2 Å². The topological polar surface area (TPSA) is 118 Å². The lowest BCUT2D eigenvalue weighted by atomic mass is 9.75. The molecule has 6 N–H and O–H groups in total. The standard InChI is InChI=1S/C23H30N2O.C2H3F2NO2/c1-16-12-19(14-20(13-16)22(24)26)18-6-4-17(5-7-18)15-25-21-8-10-23(2,3)11-9-21;3-2(4,5)1(6)7/h4-7,12-14,21,25H,8-11,15H2,1-3H3,(H2,24,26);5H2,(H,6,7). The second-order valence-electron chi connectivity index (χ2n) is 9.40. The smallest absolute Gasteiger partial charge is 0.397 e. The SMILES string of the molecule is Cc1cc(C(N)=O)cc(-c2ccc(CNC3CCC(C)(C)CC3)cc2)c1.NC(F)(F)C(=O)O. The molecular formula is C25H33F2N3O3. The molecule has 6 nitrogen and oxygen atoms in total. The average Bonchev–Trinajstić information content (AvgIpc) is 2.72. The normalized spacial score (nSPS) is 15.9. The zero-order chi connectivity index (χ0) is 24.8. The molecule has 2 aromatic carbocycles. The maximum Gasteiger partial charge on any atom is 0.397 e. The molecular weight excluding hydrogens is 428 g/mol. The molecule has 0 heterocycles. The summed E-state index contributed by atoms with van der Waals surface area (Å²) < 4.78 is 22.0. The number of nitrogens with one attached hydrogen (secondary N) is 1. The van der Waals surface area contributed by atoms with Crippen molar-refractivity contribution >= 4 is 11.9 Å². The second-order valence-corrected chi connectivity index (χ2v) is 9.40. The summed E-state index contributed by atoms with van der Waals surface area (Å²) in [6.07, 6.45) is 5.15. The van der Waals surface area contributed by atoms with Crippen LogP contribution in [0, 0.1) is 12.3 Å². The first-order chi connectivity index (χ1) is 15.3. The van der Waals surface area contributed by atoms with Crippen LogP contribution in [0.1, 0.15) is 61.0 Å². The summed E-state index contributed by atoms with van der Waals surface area (Å²) in [6.45, 7) is 7.64. The van der Waals surface area contributed by atoms with Crippen molar-refractivity contribution in [3.8, 4) is 11.1 Å². The molecule has 1 amide bonds. The lowest BCUT2D eigenvalue weighted by Gasteiger charge is -2.34. The molecule has 3 rings (SSSR count). The van der Waals surface area contributed by atoms with Crippen LogP contribution >= 0.6 is 0 Å². The van der Waals surface area contributed by atoms with Gasteiger partial charge in [-0.25, -0.2) is 4.79 Å². The summed E-state index contributed by atoms with van der Waals surface area (Å²) in [5.74, 6) is -2.70. The van der Waals surface area contributed by atoms with Gasteiger partial charge in [-0.1, -0.05) is 44.2 Å². The Labute approximate surface area is 193 Å². The van der Waals surface area contributed by atoms with Crippen molar-refractivity contribution in [3.63, 3.8) is 0 Å². The van der Waals surface area contributed by atoms with Crippen LogP contribution in [0.5, 0.6) is 0 Å². The van der Waals surface area contributed by atoms with Crippen molar-refractivity contribution in [1.82, 2.24) is 5.32 Å². The fourth-order valence-corrected chi connectivity index (χ4v) is 3.77. The predicted octanol–water partition coefficient (Wildman–Crippen LogP) is 4.44. The van der Waals surface area contributed by atoms with Gasteiger partial charge in [0.05, 0.1) is 0 Å². The number of amides is 1. The number of carbonyl (C=O) groups excluding carboxylic acids is 1. The number of carboxylic acids is 1. The van der Waals surface area contributed by atoms with Crippen LogP contribution in [0.4, 0.5) is 8.78 Å². The van der Waals surface area contributed by atoms with Crippen LogP contribution in [-0.4, -0.2) is 29.1 Å². The van der Waals surface area contributed by atoms with Gasteiger partial charge in [0.15, 0.2) is 0 Å². The number of rotatable bonds is 6. The maximum absolute atomic E-state index is 11.5. The minimum atomic E-state index is -4.08. The Hall–Kier alpha value is -2.84. The van der Waals surface area contributed by atoms with Crippen molar-refractivity contribution in [2.45, 2.75) is 65.1 Å². The molecule has 0 aliphatic heterocycles. The minimum Gasteiger partial charge on any atom is -0.476 e. The third-order valence-corrected chi connectivity index (χ3v) is 5.87. The van der Waals surface area contributed by atoms with Gasteiger partial charge in [0.1, 0.15) is 0 Å². The van der Waals surface area contributed by atoms with Crippen molar-refractivity contribution in [3.05, 3.63) is 59.2 Å². The lowest BCUT2D eigenvalue weighted by Crippen LogP contribution is -2.37. The molecule has 2 aromatic rings. The van der Waals surface area contributed by atoms with Crippen LogP contribution in [-0.2, 0) is 11.3 Å². The van der Waals surface area contributed by atoms with Gasteiger partial charge in [0.2, 0.25) is 5.91 Å². The van der Waals surface area contributed by atoms with Crippen LogP contribution < -0.4 is 16.8 Å². The number of aryl methyl sites for hydroxylation is 1. The maximum atomic E-state index is 11.5. The Balaban J connectivity index is 0.000000479. The molecule has 1 aliphatic carbocycles. The molecule has 8 heteroatoms. The van der Waals surface area contributed by atoms with Gasteiger partial charge in [0, 0.05) is 18.2 Å². The average molecular weight is 462 g/mol. The van der Waals surface area contributed by atoms with E-state index < -0.39 is 12.0 Å². The van der Waals surface area contributed by atoms with Crippen molar-refractivity contribution in [2.24, 2.45) is 16.9 Å². The second kappa shape index (κ2) is 10.9. The molecule has 0 atom stereocenters. The molecule has 0 spiro atoms. The molecule has 33 heavy (non-hydrogen) atoms. The van der Waals surface area contributed by atoms with Gasteiger partial charge in [-0.3, -0.25) is 10.5 Å². The van der Waals surface area contributed by atoms with E-state index in [-0.39, 0.29) is 5.91 Å². The quantitative estimate of drug-likeness (QED) is 0.474. The summed E-state index contributed by atoms with van der Waals surface area (Å²) in [6, 6.07) is 10.9. The third-order valence-electron chi connectivity index (χ3n) is 5.87. The van der Waals surface area contributed by atoms with E-state index in [1.165, 1.54) is 31.2 Å². The first-order valence-corrected chi connectivity index (χ1v) is 10.9. The number of carbonyl (C=O) groups is 2. The summed E-state index contributed by atoms with van der Waals surface area (Å²) in [5, 5.41) is 11.1. The molecule has 0 aromatic heterocycles. The number of aliphatic carboxylic acids is 1. The molecule has 180 valence electrons. The molecule has 1 saturated carbocycles. The molecule has 0 bridgehead atoms. The summed E-state index contributed by atoms with van der Waals surface area (Å²) in [5.41, 5.74) is 14.7. The number of nitrogens with two attached hydrogens (primary N) is 2. The van der Waals surface area contributed by atoms with Crippen molar-refractivity contribution in [1.29, 1.82) is 0 Å². The highest BCUT2D eigenvalue weighted by Crippen LogP contribution is 2.35. The highest BCUT2D eigenvalue weighted by atomic mass is 19.3. The van der Waals surface area contributed by atoms with Crippen LogP contribution in [0.2, 0.25) is 0 Å². The molecule has 1 fully saturated rings. The van der Waals surface area contributed by atoms with Gasteiger partial charge in [0.25, 0.3) is 0 Å². The van der Waals surface area contributed by atoms with E-state index in [1.54, 1.807) is 0 Å². The van der Waals surface area contributed by atoms with E-state index in [9.17, 15) is 13.6 Å². The van der Waals surface area contributed by atoms with Gasteiger partial charge >= 0.3 is 12.0 Å². The summed E-state index contributed by atoms with van der Waals surface area (Å²) in [4.78, 5) is 20.6. The van der Waals surface area contributed by atoms with Crippen LogP contribution in [0.25, 0.3) is 11.1 Å². The molecule has 0 radical (unpaired) electrons. The zero-order valence-electron chi connectivity index (χ0n) is 19.3. The predicted molar refractivity (Wildman–Crippen MR) is 125 cm³/mol. The third kappa shape index (κ3) is 8.55. The molecule has 1 aliphatic rings. The number of primary amides is 1. The zero-order valence-corrected chi connectivity index (χ0v) is 19.3. The number of hydrogen-bond donors (Lipinski definition) is 4. The van der Waals surface area contributed by atoms with E-state index in [0.29, 0.717) is 17.0 Å². The Bertz CT molecular complexity index is 960. The Morgan fingerprint density at radius 2 is 1.64 bits per heavy atom. The molecule has 0 saturated heterocycles. The Morgan fingerprint density at radius 3 is 2.12 bits per heavy atom. The van der Waals surface area contributed by atoms with Gasteiger partial charge in [-0.05, 0) is 72.4 Å². The number of hydrogen-bond acceptors (Lipinski definition) is 4. The number of benzene rings is 2. The number of halogens is 2. The fourth-order valence-electron chi connectivity index (χ4n) is 3.77. The Morgan fingerprint density at radius 1 is 1.09 bits per heavy atom. The van der Waals surface area contributed by atoms with Crippen LogP contribution in [0.3, 0.4) is 0 Å². The highest BCUT2D eigenvalue weighted by molar-refractivity contribution is 5.94. The summed E-state index contributed by atoms with van der Waals surface area (Å²) >= 11 is 0. The summed E-state index contributed by atoms with van der Waals surface area (Å²) in [7, 11) is 0. The number of alkyl halides is 2. The van der Waals surface area contributed by atoms with E-state index in [4.69, 9.17) is 15.6 Å². The van der Waals surface area contributed by atoms with Crippen LogP contribution in [0.15, 0.2) is 42.5 Å². The van der Waals surface area contributed by atoms with Gasteiger partial charge in [-0.15, -0.1) is 0 Å². The first kappa shape index (κ1) is 26.4.